The molecule has 0 saturated heterocycles. The molecule has 8 heteroatoms. The van der Waals surface area contributed by atoms with Crippen molar-refractivity contribution in [3.05, 3.63) is 39.7 Å². The lowest BCUT2D eigenvalue weighted by Gasteiger charge is -2.02. The van der Waals surface area contributed by atoms with Crippen molar-refractivity contribution in [3.63, 3.8) is 0 Å². The summed E-state index contributed by atoms with van der Waals surface area (Å²) in [6, 6.07) is 2.54. The highest BCUT2D eigenvalue weighted by molar-refractivity contribution is 5.96. The fraction of sp³-hybridized carbons (Fsp3) is 0.111. The summed E-state index contributed by atoms with van der Waals surface area (Å²) in [5, 5.41) is 20.7. The second-order valence-electron chi connectivity index (χ2n) is 3.00. The lowest BCUT2D eigenvalue weighted by molar-refractivity contribution is -0.387. The number of rotatable bonds is 4. The molecule has 0 spiro atoms. The van der Waals surface area contributed by atoms with Gasteiger partial charge in [-0.15, -0.1) is 0 Å². The monoisotopic (exact) mass is 241 g/mol. The van der Waals surface area contributed by atoms with Crippen LogP contribution in [0.15, 0.2) is 18.2 Å². The minimum Gasteiger partial charge on any atom is -0.480 e. The van der Waals surface area contributed by atoms with Crippen molar-refractivity contribution in [1.82, 2.24) is 5.32 Å². The summed E-state index contributed by atoms with van der Waals surface area (Å²) in [6.45, 7) is -0.621. The van der Waals surface area contributed by atoms with Crippen molar-refractivity contribution < 1.29 is 24.0 Å². The first-order valence-electron chi connectivity index (χ1n) is 4.35. The van der Waals surface area contributed by atoms with Gasteiger partial charge in [0.25, 0.3) is 5.91 Å². The van der Waals surface area contributed by atoms with Crippen LogP contribution in [0.1, 0.15) is 10.4 Å². The number of benzene rings is 1. The van der Waals surface area contributed by atoms with Crippen LogP contribution in [-0.2, 0) is 4.79 Å². The molecule has 0 aliphatic heterocycles. The van der Waals surface area contributed by atoms with E-state index in [1.165, 1.54) is 0 Å². The molecule has 1 amide bonds. The fourth-order valence-corrected chi connectivity index (χ4v) is 1.05. The Balaban J connectivity index is 2.92. The van der Waals surface area contributed by atoms with Gasteiger partial charge in [0, 0.05) is 11.6 Å². The molecule has 0 saturated carbocycles. The van der Waals surface area contributed by atoms with E-state index in [1.807, 2.05) is 5.32 Å². The van der Waals surface area contributed by atoms with Crippen molar-refractivity contribution in [3.8, 4) is 0 Å². The van der Waals surface area contributed by atoms with Crippen molar-refractivity contribution in [2.24, 2.45) is 0 Å². The number of nitro groups is 1. The number of carboxylic acid groups (broad SMARTS) is 1. The molecule has 2 N–H and O–H groups in total. The fourth-order valence-electron chi connectivity index (χ4n) is 1.05. The van der Waals surface area contributed by atoms with Gasteiger partial charge in [-0.05, 0) is 12.1 Å². The molecule has 1 aromatic rings. The molecule has 1 rings (SSSR count). The molecule has 0 aliphatic carbocycles. The van der Waals surface area contributed by atoms with Crippen LogP contribution in [0.3, 0.4) is 0 Å². The first kappa shape index (κ1) is 12.6. The number of hydrogen-bond acceptors (Lipinski definition) is 4. The summed E-state index contributed by atoms with van der Waals surface area (Å²) in [5.74, 6) is -3.14. The molecular weight excluding hydrogens is 234 g/mol. The van der Waals surface area contributed by atoms with Crippen LogP contribution in [0.25, 0.3) is 0 Å². The van der Waals surface area contributed by atoms with E-state index in [4.69, 9.17) is 5.11 Å². The quantitative estimate of drug-likeness (QED) is 0.590. The second-order valence-corrected chi connectivity index (χ2v) is 3.00. The zero-order valence-corrected chi connectivity index (χ0v) is 8.34. The smallest absolute Gasteiger partial charge is 0.322 e. The maximum absolute atomic E-state index is 12.9. The Morgan fingerprint density at radius 2 is 2.12 bits per heavy atom. The molecule has 0 atom stereocenters. The number of carboxylic acids is 1. The van der Waals surface area contributed by atoms with Crippen LogP contribution in [0.5, 0.6) is 0 Å². The highest BCUT2D eigenvalue weighted by atomic mass is 18.2. The van der Waals surface area contributed by atoms with Gasteiger partial charge in [0.15, 0.2) is 0 Å². The number of aliphatic carboxylic acids is 1. The summed E-state index contributed by atoms with van der Waals surface area (Å²) >= 11 is 0. The summed E-state index contributed by atoms with van der Waals surface area (Å²) < 4.78 is 12.9. The topological polar surface area (TPSA) is 110 Å². The van der Waals surface area contributed by atoms with Crippen molar-refractivity contribution in [2.75, 3.05) is 6.54 Å². The van der Waals surface area contributed by atoms with E-state index in [0.29, 0.717) is 0 Å². The predicted octanol–water partition coefficient (Wildman–Crippen LogP) is 0.548. The van der Waals surface area contributed by atoms with Gasteiger partial charge in [-0.25, -0.2) is 0 Å². The van der Waals surface area contributed by atoms with Gasteiger partial charge in [0.2, 0.25) is 5.82 Å². The highest BCUT2D eigenvalue weighted by Crippen LogP contribution is 2.18. The van der Waals surface area contributed by atoms with Gasteiger partial charge < -0.3 is 10.4 Å². The Labute approximate surface area is 94.0 Å². The minimum absolute atomic E-state index is 0.181. The third-order valence-electron chi connectivity index (χ3n) is 1.81. The Hall–Kier alpha value is -2.51. The number of nitro benzene ring substituents is 1. The van der Waals surface area contributed by atoms with Crippen molar-refractivity contribution >= 4 is 17.6 Å². The average molecular weight is 241 g/mol. The predicted molar refractivity (Wildman–Crippen MR) is 53.0 cm³/mol. The molecule has 0 heterocycles. The van der Waals surface area contributed by atoms with E-state index in [2.05, 4.69) is 0 Å². The number of nitrogens with one attached hydrogen (secondary N) is 1. The Kier molecular flexibility index (Phi) is 3.70. The summed E-state index contributed by atoms with van der Waals surface area (Å²) in [6.07, 6.45) is 0. The SMILES string of the molecule is O=C(O)CNC(=O)c1ccc([18F])c([N+](=O)[O-])c1. The molecule has 0 bridgehead atoms. The molecule has 0 fully saturated rings. The molecule has 90 valence electrons. The zero-order valence-electron chi connectivity index (χ0n) is 8.34. The van der Waals surface area contributed by atoms with E-state index in [0.717, 1.165) is 18.2 Å². The molecule has 0 aliphatic rings. The average Bonchev–Trinajstić information content (AvgIpc) is 2.26. The number of carbonyl (C=O) groups is 2. The van der Waals surface area contributed by atoms with E-state index in [1.54, 1.807) is 0 Å². The number of halogens is 1. The van der Waals surface area contributed by atoms with Gasteiger partial charge in [-0.3, -0.25) is 19.7 Å². The molecule has 0 radical (unpaired) electrons. The molecule has 0 unspecified atom stereocenters. The van der Waals surface area contributed by atoms with Gasteiger partial charge in [-0.2, -0.15) is 4.39 Å². The molecule has 1 aromatic carbocycles. The molecule has 17 heavy (non-hydrogen) atoms. The lowest BCUT2D eigenvalue weighted by Crippen LogP contribution is -2.29. The molecule has 0 aromatic heterocycles. The van der Waals surface area contributed by atoms with Gasteiger partial charge in [-0.1, -0.05) is 0 Å². The van der Waals surface area contributed by atoms with Crippen LogP contribution >= 0.6 is 0 Å². The maximum atomic E-state index is 12.9. The second kappa shape index (κ2) is 5.01. The van der Waals surface area contributed by atoms with Crippen LogP contribution in [-0.4, -0.2) is 28.5 Å². The van der Waals surface area contributed by atoms with Crippen LogP contribution in [0.4, 0.5) is 10.1 Å². The van der Waals surface area contributed by atoms with Crippen molar-refractivity contribution in [1.29, 1.82) is 0 Å². The summed E-state index contributed by atoms with van der Waals surface area (Å²) in [7, 11) is 0. The lowest BCUT2D eigenvalue weighted by atomic mass is 10.2. The van der Waals surface area contributed by atoms with E-state index in [9.17, 15) is 24.1 Å². The maximum Gasteiger partial charge on any atom is 0.322 e. The van der Waals surface area contributed by atoms with Gasteiger partial charge in [0.05, 0.1) is 4.92 Å². The third-order valence-corrected chi connectivity index (χ3v) is 1.81. The van der Waals surface area contributed by atoms with E-state index in [-0.39, 0.29) is 5.56 Å². The largest absolute Gasteiger partial charge is 0.480 e. The van der Waals surface area contributed by atoms with Crippen LogP contribution in [0.2, 0.25) is 0 Å². The highest BCUT2D eigenvalue weighted by Gasteiger charge is 2.17. The van der Waals surface area contributed by atoms with Gasteiger partial charge in [0.1, 0.15) is 6.54 Å². The number of nitrogens with zero attached hydrogens (tertiary/aromatic N) is 1. The molecule has 7 nitrogen and oxygen atoms in total. The Morgan fingerprint density at radius 1 is 1.47 bits per heavy atom. The van der Waals surface area contributed by atoms with Crippen LogP contribution in [0, 0.1) is 15.9 Å². The third kappa shape index (κ3) is 3.23. The Morgan fingerprint density at radius 3 is 2.65 bits per heavy atom. The number of hydrogen-bond donors (Lipinski definition) is 2. The first-order chi connectivity index (χ1) is 7.91. The Bertz CT molecular complexity index is 488. The van der Waals surface area contributed by atoms with E-state index >= 15 is 0 Å². The zero-order chi connectivity index (χ0) is 13.0. The van der Waals surface area contributed by atoms with Crippen LogP contribution < -0.4 is 5.32 Å². The minimum atomic E-state index is -1.25. The number of carbonyl (C=O) groups excluding carboxylic acids is 1. The molecular formula is C9H7FN2O5. The first-order valence-corrected chi connectivity index (χ1v) is 4.35. The number of amides is 1. The standard InChI is InChI=1S/C9H7FN2O5/c10-6-2-1-5(3-7(6)12(16)17)9(15)11-4-8(13)14/h1-3H,4H2,(H,11,15)(H,13,14)/i10-1. The van der Waals surface area contributed by atoms with E-state index < -0.39 is 34.8 Å². The summed E-state index contributed by atoms with van der Waals surface area (Å²) in [5.41, 5.74) is -1.02. The van der Waals surface area contributed by atoms with Gasteiger partial charge >= 0.3 is 11.7 Å². The van der Waals surface area contributed by atoms with Crippen molar-refractivity contribution in [2.45, 2.75) is 0 Å². The summed E-state index contributed by atoms with van der Waals surface area (Å²) in [4.78, 5) is 30.9. The normalized spacial score (nSPS) is 9.71.